The van der Waals surface area contributed by atoms with Crippen LogP contribution in [0.15, 0.2) is 24.3 Å². The molecule has 1 rings (SSSR count). The van der Waals surface area contributed by atoms with Crippen molar-refractivity contribution in [1.29, 1.82) is 0 Å². The summed E-state index contributed by atoms with van der Waals surface area (Å²) in [6.45, 7) is 4.34. The number of rotatable bonds is 8. The molecule has 21 heavy (non-hydrogen) atoms. The Balaban J connectivity index is 2.77. The van der Waals surface area contributed by atoms with Gasteiger partial charge in [0, 0.05) is 25.2 Å². The Kier molecular flexibility index (Phi) is 6.95. The second kappa shape index (κ2) is 8.22. The first kappa shape index (κ1) is 17.8. The van der Waals surface area contributed by atoms with Gasteiger partial charge in [-0.05, 0) is 38.1 Å². The average molecular weight is 316 g/mol. The molecule has 1 amide bonds. The van der Waals surface area contributed by atoms with Crippen LogP contribution in [0.2, 0.25) is 5.02 Å². The number of benzene rings is 1. The molecular formula is C15H22ClNO4. The molecule has 0 saturated carbocycles. The summed E-state index contributed by atoms with van der Waals surface area (Å²) >= 11 is 5.82. The molecule has 6 heteroatoms. The highest BCUT2D eigenvalue weighted by molar-refractivity contribution is 6.30. The minimum atomic E-state index is -1.04. The lowest BCUT2D eigenvalue weighted by atomic mass is 10.1. The molecule has 0 aliphatic heterocycles. The van der Waals surface area contributed by atoms with Crippen LogP contribution in [-0.4, -0.2) is 54.9 Å². The number of amides is 1. The molecule has 1 N–H and O–H groups in total. The van der Waals surface area contributed by atoms with Crippen molar-refractivity contribution in [1.82, 2.24) is 4.90 Å². The van der Waals surface area contributed by atoms with E-state index in [1.807, 2.05) is 0 Å². The summed E-state index contributed by atoms with van der Waals surface area (Å²) in [6.07, 6.45) is 0. The highest BCUT2D eigenvalue weighted by Gasteiger charge is 2.34. The molecule has 0 spiro atoms. The van der Waals surface area contributed by atoms with Gasteiger partial charge in [-0.15, -0.1) is 0 Å². The fourth-order valence-corrected chi connectivity index (χ4v) is 1.98. The van der Waals surface area contributed by atoms with E-state index in [1.54, 1.807) is 45.2 Å². The first-order valence-electron chi connectivity index (χ1n) is 6.74. The molecule has 0 unspecified atom stereocenters. The standard InChI is InChI=1S/C15H22ClNO4/c1-15(2,21-13-6-4-12(16)5-7-13)14(19)17(8-10-18)9-11-20-3/h4-7,18H,8-11H2,1-3H3. The van der Waals surface area contributed by atoms with Crippen LogP contribution >= 0.6 is 11.6 Å². The molecule has 0 radical (unpaired) electrons. The van der Waals surface area contributed by atoms with Gasteiger partial charge in [-0.1, -0.05) is 11.6 Å². The van der Waals surface area contributed by atoms with Gasteiger partial charge in [0.2, 0.25) is 0 Å². The Hall–Kier alpha value is -1.30. The molecule has 0 saturated heterocycles. The first-order chi connectivity index (χ1) is 9.90. The smallest absolute Gasteiger partial charge is 0.266 e. The van der Waals surface area contributed by atoms with Crippen molar-refractivity contribution in [3.05, 3.63) is 29.3 Å². The third kappa shape index (κ3) is 5.53. The molecular weight excluding hydrogens is 294 g/mol. The summed E-state index contributed by atoms with van der Waals surface area (Å²) in [5.41, 5.74) is -1.04. The molecule has 0 aliphatic carbocycles. The van der Waals surface area contributed by atoms with Gasteiger partial charge in [0.15, 0.2) is 5.60 Å². The summed E-state index contributed by atoms with van der Waals surface area (Å²) in [5.74, 6) is 0.358. The number of nitrogens with zero attached hydrogens (tertiary/aromatic N) is 1. The normalized spacial score (nSPS) is 11.3. The van der Waals surface area contributed by atoms with Crippen LogP contribution in [0.1, 0.15) is 13.8 Å². The van der Waals surface area contributed by atoms with E-state index in [0.717, 1.165) is 0 Å². The number of ether oxygens (including phenoxy) is 2. The van der Waals surface area contributed by atoms with E-state index in [2.05, 4.69) is 0 Å². The Morgan fingerprint density at radius 1 is 1.29 bits per heavy atom. The van der Waals surface area contributed by atoms with Crippen molar-refractivity contribution in [2.75, 3.05) is 33.4 Å². The predicted octanol–water partition coefficient (Wildman–Crippen LogP) is 1.96. The second-order valence-corrected chi connectivity index (χ2v) is 5.51. The fraction of sp³-hybridized carbons (Fsp3) is 0.533. The maximum atomic E-state index is 12.5. The van der Waals surface area contributed by atoms with E-state index in [1.165, 1.54) is 4.90 Å². The minimum Gasteiger partial charge on any atom is -0.478 e. The number of aliphatic hydroxyl groups is 1. The number of hydrogen-bond donors (Lipinski definition) is 1. The summed E-state index contributed by atoms with van der Waals surface area (Å²) < 4.78 is 10.7. The number of halogens is 1. The van der Waals surface area contributed by atoms with Crippen molar-refractivity contribution < 1.29 is 19.4 Å². The lowest BCUT2D eigenvalue weighted by Gasteiger charge is -2.32. The summed E-state index contributed by atoms with van der Waals surface area (Å²) in [7, 11) is 1.57. The molecule has 5 nitrogen and oxygen atoms in total. The lowest BCUT2D eigenvalue weighted by Crippen LogP contribution is -2.50. The van der Waals surface area contributed by atoms with Crippen molar-refractivity contribution in [2.24, 2.45) is 0 Å². The number of hydrogen-bond acceptors (Lipinski definition) is 4. The first-order valence-corrected chi connectivity index (χ1v) is 7.12. The van der Waals surface area contributed by atoms with Crippen LogP contribution in [0.5, 0.6) is 5.75 Å². The van der Waals surface area contributed by atoms with Gasteiger partial charge in [-0.3, -0.25) is 4.79 Å². The van der Waals surface area contributed by atoms with E-state index in [4.69, 9.17) is 26.2 Å². The van der Waals surface area contributed by atoms with Crippen molar-refractivity contribution in [2.45, 2.75) is 19.4 Å². The number of methoxy groups -OCH3 is 1. The zero-order valence-electron chi connectivity index (χ0n) is 12.6. The maximum Gasteiger partial charge on any atom is 0.266 e. The zero-order valence-corrected chi connectivity index (χ0v) is 13.4. The Bertz CT molecular complexity index is 447. The van der Waals surface area contributed by atoms with Gasteiger partial charge < -0.3 is 19.5 Å². The molecule has 0 heterocycles. The van der Waals surface area contributed by atoms with E-state index in [0.29, 0.717) is 23.9 Å². The Morgan fingerprint density at radius 2 is 1.90 bits per heavy atom. The quantitative estimate of drug-likeness (QED) is 0.797. The zero-order chi connectivity index (χ0) is 15.9. The molecule has 0 aliphatic rings. The van der Waals surface area contributed by atoms with Crippen molar-refractivity contribution >= 4 is 17.5 Å². The van der Waals surface area contributed by atoms with Gasteiger partial charge in [-0.25, -0.2) is 0 Å². The molecule has 1 aromatic rings. The van der Waals surface area contributed by atoms with Crippen LogP contribution in [0.3, 0.4) is 0 Å². The van der Waals surface area contributed by atoms with Crippen molar-refractivity contribution in [3.63, 3.8) is 0 Å². The van der Waals surface area contributed by atoms with Crippen LogP contribution in [-0.2, 0) is 9.53 Å². The van der Waals surface area contributed by atoms with Crippen LogP contribution in [0.4, 0.5) is 0 Å². The van der Waals surface area contributed by atoms with Gasteiger partial charge in [0.05, 0.1) is 13.2 Å². The topological polar surface area (TPSA) is 59.0 Å². The number of aliphatic hydroxyl groups excluding tert-OH is 1. The van der Waals surface area contributed by atoms with Gasteiger partial charge in [-0.2, -0.15) is 0 Å². The maximum absolute atomic E-state index is 12.5. The average Bonchev–Trinajstić information content (AvgIpc) is 2.45. The van der Waals surface area contributed by atoms with E-state index in [-0.39, 0.29) is 19.1 Å². The molecule has 0 atom stereocenters. The van der Waals surface area contributed by atoms with Gasteiger partial charge >= 0.3 is 0 Å². The van der Waals surface area contributed by atoms with Crippen LogP contribution < -0.4 is 4.74 Å². The SMILES string of the molecule is COCCN(CCO)C(=O)C(C)(C)Oc1ccc(Cl)cc1. The largest absolute Gasteiger partial charge is 0.478 e. The van der Waals surface area contributed by atoms with E-state index in [9.17, 15) is 4.79 Å². The molecule has 118 valence electrons. The highest BCUT2D eigenvalue weighted by Crippen LogP contribution is 2.22. The Morgan fingerprint density at radius 3 is 2.43 bits per heavy atom. The van der Waals surface area contributed by atoms with E-state index < -0.39 is 5.60 Å². The minimum absolute atomic E-state index is 0.105. The lowest BCUT2D eigenvalue weighted by molar-refractivity contribution is -0.146. The van der Waals surface area contributed by atoms with E-state index >= 15 is 0 Å². The van der Waals surface area contributed by atoms with Gasteiger partial charge in [0.25, 0.3) is 5.91 Å². The van der Waals surface area contributed by atoms with Gasteiger partial charge in [0.1, 0.15) is 5.75 Å². The monoisotopic (exact) mass is 315 g/mol. The summed E-state index contributed by atoms with van der Waals surface area (Å²) in [6, 6.07) is 6.83. The van der Waals surface area contributed by atoms with Crippen LogP contribution in [0, 0.1) is 0 Å². The second-order valence-electron chi connectivity index (χ2n) is 5.07. The summed E-state index contributed by atoms with van der Waals surface area (Å²) in [5, 5.41) is 9.69. The third-order valence-electron chi connectivity index (χ3n) is 2.92. The van der Waals surface area contributed by atoms with Crippen molar-refractivity contribution in [3.8, 4) is 5.75 Å². The summed E-state index contributed by atoms with van der Waals surface area (Å²) in [4.78, 5) is 14.1. The fourth-order valence-electron chi connectivity index (χ4n) is 1.86. The molecule has 0 fully saturated rings. The Labute approximate surface area is 130 Å². The number of carbonyl (C=O) groups is 1. The highest BCUT2D eigenvalue weighted by atomic mass is 35.5. The molecule has 0 bridgehead atoms. The molecule has 1 aromatic carbocycles. The number of carbonyl (C=O) groups excluding carboxylic acids is 1. The van der Waals surface area contributed by atoms with Crippen LogP contribution in [0.25, 0.3) is 0 Å². The molecule has 0 aromatic heterocycles. The predicted molar refractivity (Wildman–Crippen MR) is 81.7 cm³/mol. The third-order valence-corrected chi connectivity index (χ3v) is 3.18.